The van der Waals surface area contributed by atoms with Gasteiger partial charge < -0.3 is 10.2 Å². The third-order valence-electron chi connectivity index (χ3n) is 3.90. The Labute approximate surface area is 123 Å². The van der Waals surface area contributed by atoms with E-state index >= 15 is 0 Å². The number of carbonyl (C=O) groups is 2. The Kier molecular flexibility index (Phi) is 4.13. The van der Waals surface area contributed by atoms with E-state index in [-0.39, 0.29) is 17.9 Å². The van der Waals surface area contributed by atoms with Gasteiger partial charge in [0.25, 0.3) is 0 Å². The van der Waals surface area contributed by atoms with Gasteiger partial charge in [0.15, 0.2) is 0 Å². The molecule has 1 N–H and O–H groups in total. The number of hydrogen-bond acceptors (Lipinski definition) is 4. The Balaban J connectivity index is 2.29. The molecule has 6 heteroatoms. The monoisotopic (exact) mass is 295 g/mol. The summed E-state index contributed by atoms with van der Waals surface area (Å²) in [6.45, 7) is 8.04. The summed E-state index contributed by atoms with van der Waals surface area (Å²) < 4.78 is 0. The quantitative estimate of drug-likeness (QED) is 0.922. The standard InChI is InChI=1S/C14H21N3O2S/c1-5-11-12(18)16-14(4,6-2)13(19)17(11)8-10-7-15-9(3)20-10/h7,11H,5-6,8H2,1-4H3,(H,16,18). The van der Waals surface area contributed by atoms with E-state index in [4.69, 9.17) is 0 Å². The van der Waals surface area contributed by atoms with E-state index < -0.39 is 5.54 Å². The number of piperazine rings is 1. The fraction of sp³-hybridized carbons (Fsp3) is 0.643. The van der Waals surface area contributed by atoms with Crippen LogP contribution in [0.4, 0.5) is 0 Å². The van der Waals surface area contributed by atoms with Gasteiger partial charge in [0.2, 0.25) is 11.8 Å². The molecule has 1 aliphatic rings. The van der Waals surface area contributed by atoms with Crippen LogP contribution in [0.2, 0.25) is 0 Å². The highest BCUT2D eigenvalue weighted by Crippen LogP contribution is 2.26. The molecule has 1 fully saturated rings. The minimum Gasteiger partial charge on any atom is -0.340 e. The second kappa shape index (κ2) is 5.52. The van der Waals surface area contributed by atoms with Gasteiger partial charge in [0.1, 0.15) is 11.6 Å². The Morgan fingerprint density at radius 1 is 1.45 bits per heavy atom. The zero-order chi connectivity index (χ0) is 14.9. The molecule has 2 heterocycles. The first-order valence-corrected chi connectivity index (χ1v) is 7.77. The summed E-state index contributed by atoms with van der Waals surface area (Å²) in [7, 11) is 0. The van der Waals surface area contributed by atoms with Crippen LogP contribution in [-0.2, 0) is 16.1 Å². The van der Waals surface area contributed by atoms with Gasteiger partial charge in [-0.1, -0.05) is 13.8 Å². The third kappa shape index (κ3) is 2.57. The van der Waals surface area contributed by atoms with Gasteiger partial charge in [-0.25, -0.2) is 4.98 Å². The molecule has 0 radical (unpaired) electrons. The predicted molar refractivity (Wildman–Crippen MR) is 78.3 cm³/mol. The zero-order valence-corrected chi connectivity index (χ0v) is 13.2. The highest BCUT2D eigenvalue weighted by molar-refractivity contribution is 7.11. The molecular weight excluding hydrogens is 274 g/mol. The maximum atomic E-state index is 12.7. The number of aromatic nitrogens is 1. The molecule has 2 unspecified atom stereocenters. The highest BCUT2D eigenvalue weighted by atomic mass is 32.1. The first kappa shape index (κ1) is 15.0. The zero-order valence-electron chi connectivity index (χ0n) is 12.4. The lowest BCUT2D eigenvalue weighted by Gasteiger charge is -2.43. The second-order valence-corrected chi connectivity index (χ2v) is 6.70. The Morgan fingerprint density at radius 3 is 2.65 bits per heavy atom. The fourth-order valence-corrected chi connectivity index (χ4v) is 3.28. The lowest BCUT2D eigenvalue weighted by atomic mass is 9.91. The maximum absolute atomic E-state index is 12.7. The van der Waals surface area contributed by atoms with Crippen molar-refractivity contribution in [2.75, 3.05) is 0 Å². The lowest BCUT2D eigenvalue weighted by molar-refractivity contribution is -0.155. The average Bonchev–Trinajstić information content (AvgIpc) is 2.81. The SMILES string of the molecule is CCC1C(=O)NC(C)(CC)C(=O)N1Cc1cnc(C)s1. The smallest absolute Gasteiger partial charge is 0.249 e. The van der Waals surface area contributed by atoms with Crippen LogP contribution in [-0.4, -0.2) is 33.3 Å². The van der Waals surface area contributed by atoms with E-state index in [2.05, 4.69) is 10.3 Å². The van der Waals surface area contributed by atoms with Crippen molar-refractivity contribution in [3.63, 3.8) is 0 Å². The van der Waals surface area contributed by atoms with Crippen LogP contribution in [0.1, 0.15) is 43.5 Å². The third-order valence-corrected chi connectivity index (χ3v) is 4.80. The van der Waals surface area contributed by atoms with Crippen molar-refractivity contribution in [3.8, 4) is 0 Å². The molecule has 20 heavy (non-hydrogen) atoms. The molecule has 0 aliphatic carbocycles. The summed E-state index contributed by atoms with van der Waals surface area (Å²) in [6, 6.07) is -0.385. The summed E-state index contributed by atoms with van der Waals surface area (Å²) in [5.74, 6) is -0.0600. The molecule has 0 spiro atoms. The Bertz CT molecular complexity index is 528. The molecule has 1 aromatic rings. The van der Waals surface area contributed by atoms with Gasteiger partial charge in [-0.3, -0.25) is 9.59 Å². The molecule has 1 aromatic heterocycles. The Hall–Kier alpha value is -1.43. The molecule has 5 nitrogen and oxygen atoms in total. The average molecular weight is 295 g/mol. The van der Waals surface area contributed by atoms with E-state index in [1.165, 1.54) is 0 Å². The molecule has 2 atom stereocenters. The molecule has 1 saturated heterocycles. The largest absolute Gasteiger partial charge is 0.340 e. The first-order valence-electron chi connectivity index (χ1n) is 6.95. The van der Waals surface area contributed by atoms with Gasteiger partial charge in [0, 0.05) is 11.1 Å². The summed E-state index contributed by atoms with van der Waals surface area (Å²) in [5.41, 5.74) is -0.789. The number of amides is 2. The van der Waals surface area contributed by atoms with Crippen LogP contribution in [0.3, 0.4) is 0 Å². The van der Waals surface area contributed by atoms with Crippen LogP contribution < -0.4 is 5.32 Å². The summed E-state index contributed by atoms with van der Waals surface area (Å²) in [5, 5.41) is 3.84. The van der Waals surface area contributed by atoms with Crippen LogP contribution in [0.25, 0.3) is 0 Å². The number of nitrogens with zero attached hydrogens (tertiary/aromatic N) is 2. The van der Waals surface area contributed by atoms with Crippen molar-refractivity contribution >= 4 is 23.2 Å². The second-order valence-electron chi connectivity index (χ2n) is 5.38. The molecule has 0 aromatic carbocycles. The Morgan fingerprint density at radius 2 is 2.15 bits per heavy atom. The molecule has 110 valence electrons. The summed E-state index contributed by atoms with van der Waals surface area (Å²) in [4.78, 5) is 31.9. The molecule has 0 bridgehead atoms. The van der Waals surface area contributed by atoms with E-state index in [0.29, 0.717) is 19.4 Å². The van der Waals surface area contributed by atoms with Crippen molar-refractivity contribution in [3.05, 3.63) is 16.1 Å². The van der Waals surface area contributed by atoms with Crippen molar-refractivity contribution in [1.82, 2.24) is 15.2 Å². The van der Waals surface area contributed by atoms with Gasteiger partial charge in [-0.05, 0) is 26.7 Å². The molecule has 2 rings (SSSR count). The summed E-state index contributed by atoms with van der Waals surface area (Å²) in [6.07, 6.45) is 3.00. The van der Waals surface area contributed by atoms with Crippen molar-refractivity contribution in [1.29, 1.82) is 0 Å². The molecular formula is C14H21N3O2S. The van der Waals surface area contributed by atoms with E-state index in [9.17, 15) is 9.59 Å². The van der Waals surface area contributed by atoms with Crippen LogP contribution in [0, 0.1) is 6.92 Å². The fourth-order valence-electron chi connectivity index (χ4n) is 2.48. The topological polar surface area (TPSA) is 62.3 Å². The molecule has 0 saturated carbocycles. The normalized spacial score (nSPS) is 26.8. The van der Waals surface area contributed by atoms with E-state index in [1.54, 1.807) is 29.4 Å². The van der Waals surface area contributed by atoms with E-state index in [1.807, 2.05) is 20.8 Å². The van der Waals surface area contributed by atoms with Crippen LogP contribution >= 0.6 is 11.3 Å². The van der Waals surface area contributed by atoms with Crippen LogP contribution in [0.15, 0.2) is 6.20 Å². The van der Waals surface area contributed by atoms with Crippen molar-refractivity contribution in [2.24, 2.45) is 0 Å². The minimum absolute atomic E-state index is 0.00231. The lowest BCUT2D eigenvalue weighted by Crippen LogP contribution is -2.68. The molecule has 1 aliphatic heterocycles. The van der Waals surface area contributed by atoms with E-state index in [0.717, 1.165) is 9.88 Å². The number of thiazole rings is 1. The summed E-state index contributed by atoms with van der Waals surface area (Å²) >= 11 is 1.57. The number of rotatable bonds is 4. The number of hydrogen-bond donors (Lipinski definition) is 1. The van der Waals surface area contributed by atoms with Crippen LogP contribution in [0.5, 0.6) is 0 Å². The van der Waals surface area contributed by atoms with Crippen molar-refractivity contribution < 1.29 is 9.59 Å². The predicted octanol–water partition coefficient (Wildman–Crippen LogP) is 1.86. The molecule has 2 amide bonds. The van der Waals surface area contributed by atoms with Gasteiger partial charge in [0.05, 0.1) is 11.6 Å². The van der Waals surface area contributed by atoms with Gasteiger partial charge in [-0.2, -0.15) is 0 Å². The number of nitrogens with one attached hydrogen (secondary N) is 1. The minimum atomic E-state index is -0.789. The highest BCUT2D eigenvalue weighted by Gasteiger charge is 2.46. The van der Waals surface area contributed by atoms with Gasteiger partial charge >= 0.3 is 0 Å². The first-order chi connectivity index (χ1) is 9.41. The maximum Gasteiger partial charge on any atom is 0.249 e. The van der Waals surface area contributed by atoms with Gasteiger partial charge in [-0.15, -0.1) is 11.3 Å². The van der Waals surface area contributed by atoms with Crippen molar-refractivity contribution in [2.45, 2.75) is 58.7 Å². The number of aryl methyl sites for hydroxylation is 1. The number of carbonyl (C=O) groups excluding carboxylic acids is 2.